The Morgan fingerprint density at radius 2 is 2.10 bits per heavy atom. The number of carbonyl (C=O) groups excluding carboxylic acids is 1. The highest BCUT2D eigenvalue weighted by Gasteiger charge is 2.15. The second-order valence-electron chi connectivity index (χ2n) is 5.26. The highest BCUT2D eigenvalue weighted by molar-refractivity contribution is 9.10. The van der Waals surface area contributed by atoms with E-state index in [9.17, 15) is 9.18 Å². The van der Waals surface area contributed by atoms with E-state index in [4.69, 9.17) is 10.00 Å². The van der Waals surface area contributed by atoms with E-state index in [-0.39, 0.29) is 22.3 Å². The lowest BCUT2D eigenvalue weighted by Gasteiger charge is -2.19. The third-order valence-corrected chi connectivity index (χ3v) is 3.09. The average molecular weight is 358 g/mol. The summed E-state index contributed by atoms with van der Waals surface area (Å²) in [7, 11) is 0. The SMILES string of the molecule is CC(C)(C)OC(=O)NCCNc1ccc(C#N)c(Br)c1F. The van der Waals surface area contributed by atoms with E-state index in [0.717, 1.165) is 0 Å². The zero-order chi connectivity index (χ0) is 16.0. The van der Waals surface area contributed by atoms with Crippen molar-refractivity contribution in [2.75, 3.05) is 18.4 Å². The molecular formula is C14H17BrFN3O2. The number of benzene rings is 1. The van der Waals surface area contributed by atoms with Gasteiger partial charge in [0.05, 0.1) is 15.7 Å². The molecule has 1 amide bonds. The smallest absolute Gasteiger partial charge is 0.407 e. The lowest BCUT2D eigenvalue weighted by molar-refractivity contribution is 0.0530. The van der Waals surface area contributed by atoms with Crippen molar-refractivity contribution in [2.24, 2.45) is 0 Å². The molecule has 0 spiro atoms. The summed E-state index contributed by atoms with van der Waals surface area (Å²) in [6, 6.07) is 4.87. The molecule has 1 aromatic rings. The van der Waals surface area contributed by atoms with E-state index in [1.165, 1.54) is 12.1 Å². The van der Waals surface area contributed by atoms with E-state index in [1.54, 1.807) is 20.8 Å². The van der Waals surface area contributed by atoms with Crippen molar-refractivity contribution in [3.63, 3.8) is 0 Å². The van der Waals surface area contributed by atoms with Crippen molar-refractivity contribution >= 4 is 27.7 Å². The maximum atomic E-state index is 13.9. The van der Waals surface area contributed by atoms with Crippen LogP contribution in [0.4, 0.5) is 14.9 Å². The lowest BCUT2D eigenvalue weighted by Crippen LogP contribution is -2.35. The van der Waals surface area contributed by atoms with E-state index in [0.29, 0.717) is 6.54 Å². The summed E-state index contributed by atoms with van der Waals surface area (Å²) in [6.07, 6.45) is -0.522. The quantitative estimate of drug-likeness (QED) is 0.809. The summed E-state index contributed by atoms with van der Waals surface area (Å²) in [4.78, 5) is 11.4. The van der Waals surface area contributed by atoms with Crippen molar-refractivity contribution in [1.29, 1.82) is 5.26 Å². The Morgan fingerprint density at radius 1 is 1.43 bits per heavy atom. The third-order valence-electron chi connectivity index (χ3n) is 2.31. The fraction of sp³-hybridized carbons (Fsp3) is 0.429. The molecule has 2 N–H and O–H groups in total. The number of hydrogen-bond donors (Lipinski definition) is 2. The van der Waals surface area contributed by atoms with Gasteiger partial charge < -0.3 is 15.4 Å². The minimum atomic E-state index is -0.554. The van der Waals surface area contributed by atoms with Crippen LogP contribution in [0.2, 0.25) is 0 Å². The predicted octanol–water partition coefficient (Wildman–Crippen LogP) is 3.40. The van der Waals surface area contributed by atoms with Crippen LogP contribution in [0.3, 0.4) is 0 Å². The molecule has 0 bridgehead atoms. The molecule has 0 aliphatic heterocycles. The normalized spacial score (nSPS) is 10.7. The van der Waals surface area contributed by atoms with Crippen LogP contribution >= 0.6 is 15.9 Å². The summed E-state index contributed by atoms with van der Waals surface area (Å²) < 4.78 is 19.1. The molecule has 0 saturated carbocycles. The Labute approximate surface area is 131 Å². The van der Waals surface area contributed by atoms with Gasteiger partial charge in [-0.05, 0) is 48.8 Å². The van der Waals surface area contributed by atoms with Crippen LogP contribution in [0.1, 0.15) is 26.3 Å². The number of nitrogens with one attached hydrogen (secondary N) is 2. The molecule has 7 heteroatoms. The highest BCUT2D eigenvalue weighted by atomic mass is 79.9. The number of nitrogens with zero attached hydrogens (tertiary/aromatic N) is 1. The zero-order valence-electron chi connectivity index (χ0n) is 12.1. The molecule has 0 unspecified atom stereocenters. The molecule has 114 valence electrons. The number of carbonyl (C=O) groups is 1. The number of amides is 1. The van der Waals surface area contributed by atoms with E-state index >= 15 is 0 Å². The van der Waals surface area contributed by atoms with Crippen LogP contribution in [-0.2, 0) is 4.74 Å². The van der Waals surface area contributed by atoms with Crippen LogP contribution in [0.5, 0.6) is 0 Å². The van der Waals surface area contributed by atoms with Crippen molar-refractivity contribution in [3.05, 3.63) is 28.0 Å². The molecule has 5 nitrogen and oxygen atoms in total. The molecule has 0 heterocycles. The molecule has 0 saturated heterocycles. The molecule has 21 heavy (non-hydrogen) atoms. The summed E-state index contributed by atoms with van der Waals surface area (Å²) in [5, 5.41) is 14.2. The van der Waals surface area contributed by atoms with Gasteiger partial charge in [0.15, 0.2) is 5.82 Å². The molecule has 1 aromatic carbocycles. The van der Waals surface area contributed by atoms with Gasteiger partial charge in [0.2, 0.25) is 0 Å². The Hall–Kier alpha value is -1.81. The Bertz CT molecular complexity index is 565. The fourth-order valence-corrected chi connectivity index (χ4v) is 1.88. The van der Waals surface area contributed by atoms with Crippen LogP contribution < -0.4 is 10.6 Å². The van der Waals surface area contributed by atoms with Gasteiger partial charge in [-0.2, -0.15) is 5.26 Å². The molecule has 0 aliphatic rings. The first-order chi connectivity index (χ1) is 9.74. The monoisotopic (exact) mass is 357 g/mol. The van der Waals surface area contributed by atoms with E-state index < -0.39 is 17.5 Å². The van der Waals surface area contributed by atoms with Crippen LogP contribution in [-0.4, -0.2) is 24.8 Å². The van der Waals surface area contributed by atoms with E-state index in [2.05, 4.69) is 26.6 Å². The molecular weight excluding hydrogens is 341 g/mol. The zero-order valence-corrected chi connectivity index (χ0v) is 13.7. The van der Waals surface area contributed by atoms with Gasteiger partial charge in [0, 0.05) is 13.1 Å². The topological polar surface area (TPSA) is 74.2 Å². The minimum Gasteiger partial charge on any atom is -0.444 e. The van der Waals surface area contributed by atoms with Gasteiger partial charge in [-0.15, -0.1) is 0 Å². The molecule has 0 aliphatic carbocycles. The molecule has 1 rings (SSSR count). The Morgan fingerprint density at radius 3 is 2.67 bits per heavy atom. The third kappa shape index (κ3) is 5.60. The summed E-state index contributed by atoms with van der Waals surface area (Å²) >= 11 is 3.03. The Balaban J connectivity index is 2.46. The number of anilines is 1. The van der Waals surface area contributed by atoms with Gasteiger partial charge in [-0.3, -0.25) is 0 Å². The number of ether oxygens (including phenoxy) is 1. The first-order valence-corrected chi connectivity index (χ1v) is 7.12. The van der Waals surface area contributed by atoms with Crippen LogP contribution in [0.25, 0.3) is 0 Å². The fourth-order valence-electron chi connectivity index (χ4n) is 1.45. The average Bonchev–Trinajstić information content (AvgIpc) is 2.37. The first kappa shape index (κ1) is 17.2. The molecule has 0 atom stereocenters. The number of hydrogen-bond acceptors (Lipinski definition) is 4. The number of rotatable bonds is 4. The van der Waals surface area contributed by atoms with E-state index in [1.807, 2.05) is 6.07 Å². The minimum absolute atomic E-state index is 0.120. The largest absolute Gasteiger partial charge is 0.444 e. The van der Waals surface area contributed by atoms with Crippen molar-refractivity contribution < 1.29 is 13.9 Å². The van der Waals surface area contributed by atoms with Crippen molar-refractivity contribution in [3.8, 4) is 6.07 Å². The van der Waals surface area contributed by atoms with Gasteiger partial charge in [-0.25, -0.2) is 9.18 Å². The second kappa shape index (κ2) is 7.27. The summed E-state index contributed by atoms with van der Waals surface area (Å²) in [5.41, 5.74) is -0.0708. The standard InChI is InChI=1S/C14H17BrFN3O2/c1-14(2,3)21-13(20)19-7-6-18-10-5-4-9(8-17)11(15)12(10)16/h4-5,18H,6-7H2,1-3H3,(H,19,20). The predicted molar refractivity (Wildman–Crippen MR) is 81.5 cm³/mol. The van der Waals surface area contributed by atoms with Gasteiger partial charge in [0.1, 0.15) is 11.7 Å². The highest BCUT2D eigenvalue weighted by Crippen LogP contribution is 2.26. The maximum absolute atomic E-state index is 13.9. The van der Waals surface area contributed by atoms with Crippen molar-refractivity contribution in [1.82, 2.24) is 5.32 Å². The number of alkyl carbamates (subject to hydrolysis) is 1. The summed E-state index contributed by atoms with van der Waals surface area (Å²) in [6.45, 7) is 5.93. The molecule has 0 fully saturated rings. The molecule has 0 radical (unpaired) electrons. The Kier molecular flexibility index (Phi) is 5.97. The lowest BCUT2D eigenvalue weighted by atomic mass is 10.2. The van der Waals surface area contributed by atoms with Crippen LogP contribution in [0.15, 0.2) is 16.6 Å². The van der Waals surface area contributed by atoms with Gasteiger partial charge in [-0.1, -0.05) is 0 Å². The maximum Gasteiger partial charge on any atom is 0.407 e. The van der Waals surface area contributed by atoms with Crippen LogP contribution in [0, 0.1) is 17.1 Å². The number of halogens is 2. The van der Waals surface area contributed by atoms with Crippen molar-refractivity contribution in [2.45, 2.75) is 26.4 Å². The first-order valence-electron chi connectivity index (χ1n) is 6.33. The molecule has 0 aromatic heterocycles. The summed E-state index contributed by atoms with van der Waals surface area (Å²) in [5.74, 6) is -0.536. The van der Waals surface area contributed by atoms with Gasteiger partial charge >= 0.3 is 6.09 Å². The van der Waals surface area contributed by atoms with Gasteiger partial charge in [0.25, 0.3) is 0 Å². The second-order valence-corrected chi connectivity index (χ2v) is 6.05. The number of nitriles is 1.